The summed E-state index contributed by atoms with van der Waals surface area (Å²) < 4.78 is 16.0. The van der Waals surface area contributed by atoms with Crippen molar-refractivity contribution in [3.05, 3.63) is 46.2 Å². The number of hydrogen-bond acceptors (Lipinski definition) is 6. The van der Waals surface area contributed by atoms with Gasteiger partial charge in [-0.1, -0.05) is 6.07 Å². The van der Waals surface area contributed by atoms with Crippen LogP contribution in [0.2, 0.25) is 0 Å². The molecule has 2 unspecified atom stereocenters. The summed E-state index contributed by atoms with van der Waals surface area (Å²) in [5, 5.41) is 5.23. The minimum absolute atomic E-state index is 0.0534. The number of ether oxygens (including phenoxy) is 3. The van der Waals surface area contributed by atoms with Crippen molar-refractivity contribution in [2.24, 2.45) is 0 Å². The molecule has 1 aromatic carbocycles. The third kappa shape index (κ3) is 4.61. The van der Waals surface area contributed by atoms with E-state index in [9.17, 15) is 4.79 Å². The molecule has 27 heavy (non-hydrogen) atoms. The van der Waals surface area contributed by atoms with E-state index in [2.05, 4.69) is 34.7 Å². The molecular weight excluding hydrogens is 364 g/mol. The molecule has 0 spiro atoms. The van der Waals surface area contributed by atoms with Crippen LogP contribution < -0.4 is 14.8 Å². The highest BCUT2D eigenvalue weighted by atomic mass is 32.1. The summed E-state index contributed by atoms with van der Waals surface area (Å²) in [6.45, 7) is 5.22. The Bertz CT molecular complexity index is 744. The fourth-order valence-electron chi connectivity index (χ4n) is 3.40. The van der Waals surface area contributed by atoms with Gasteiger partial charge in [-0.05, 0) is 36.6 Å². The van der Waals surface area contributed by atoms with E-state index in [4.69, 9.17) is 14.2 Å². The van der Waals surface area contributed by atoms with Crippen LogP contribution in [-0.4, -0.2) is 57.4 Å². The number of nitrogens with zero attached hydrogens (tertiary/aromatic N) is 1. The number of carbonyl (C=O) groups excluding carboxylic acids is 1. The zero-order chi connectivity index (χ0) is 19.2. The molecule has 0 bridgehead atoms. The van der Waals surface area contributed by atoms with Gasteiger partial charge in [-0.3, -0.25) is 9.69 Å². The average molecular weight is 391 g/mol. The van der Waals surface area contributed by atoms with Crippen molar-refractivity contribution in [3.8, 4) is 11.5 Å². The number of methoxy groups -OCH3 is 2. The predicted octanol–water partition coefficient (Wildman–Crippen LogP) is 2.96. The maximum atomic E-state index is 12.8. The number of morpholine rings is 1. The summed E-state index contributed by atoms with van der Waals surface area (Å²) in [6.07, 6.45) is 0. The predicted molar refractivity (Wildman–Crippen MR) is 106 cm³/mol. The van der Waals surface area contributed by atoms with Gasteiger partial charge in [0.25, 0.3) is 5.91 Å². The second-order valence-corrected chi connectivity index (χ2v) is 7.42. The van der Waals surface area contributed by atoms with E-state index in [0.29, 0.717) is 17.1 Å². The molecule has 0 radical (unpaired) electrons. The highest BCUT2D eigenvalue weighted by molar-refractivity contribution is 7.10. The first-order valence-electron chi connectivity index (χ1n) is 9.02. The number of rotatable bonds is 7. The molecular formula is C20H26N2O4S. The summed E-state index contributed by atoms with van der Waals surface area (Å²) >= 11 is 1.72. The van der Waals surface area contributed by atoms with Crippen molar-refractivity contribution in [2.45, 2.75) is 19.0 Å². The fourth-order valence-corrected chi connectivity index (χ4v) is 4.37. The molecule has 0 aliphatic carbocycles. The van der Waals surface area contributed by atoms with E-state index in [0.717, 1.165) is 26.3 Å². The van der Waals surface area contributed by atoms with Gasteiger partial charge in [0.1, 0.15) is 0 Å². The van der Waals surface area contributed by atoms with Crippen molar-refractivity contribution in [3.63, 3.8) is 0 Å². The zero-order valence-electron chi connectivity index (χ0n) is 15.9. The lowest BCUT2D eigenvalue weighted by molar-refractivity contribution is 0.00969. The SMILES string of the molecule is COc1ccc(C(=O)NC(C)C(c2cccs2)N2CCOCC2)cc1OC. The molecule has 1 aliphatic rings. The van der Waals surface area contributed by atoms with Crippen LogP contribution in [0.1, 0.15) is 28.2 Å². The zero-order valence-corrected chi connectivity index (χ0v) is 16.8. The fraction of sp³-hybridized carbons (Fsp3) is 0.450. The van der Waals surface area contributed by atoms with Crippen molar-refractivity contribution in [2.75, 3.05) is 40.5 Å². The smallest absolute Gasteiger partial charge is 0.251 e. The van der Waals surface area contributed by atoms with Gasteiger partial charge in [0.05, 0.1) is 33.5 Å². The Morgan fingerprint density at radius 2 is 1.93 bits per heavy atom. The van der Waals surface area contributed by atoms with Crippen LogP contribution in [0.25, 0.3) is 0 Å². The molecule has 146 valence electrons. The van der Waals surface area contributed by atoms with Gasteiger partial charge in [-0.2, -0.15) is 0 Å². The second kappa shape index (κ2) is 9.21. The molecule has 0 saturated carbocycles. The van der Waals surface area contributed by atoms with Crippen molar-refractivity contribution >= 4 is 17.2 Å². The maximum absolute atomic E-state index is 12.8. The van der Waals surface area contributed by atoms with Gasteiger partial charge < -0.3 is 19.5 Å². The molecule has 1 fully saturated rings. The lowest BCUT2D eigenvalue weighted by Gasteiger charge is -2.37. The third-order valence-electron chi connectivity index (χ3n) is 4.75. The maximum Gasteiger partial charge on any atom is 0.251 e. The van der Waals surface area contributed by atoms with E-state index < -0.39 is 0 Å². The number of carbonyl (C=O) groups is 1. The Hall–Kier alpha value is -2.09. The highest BCUT2D eigenvalue weighted by Crippen LogP contribution is 2.30. The highest BCUT2D eigenvalue weighted by Gasteiger charge is 2.29. The van der Waals surface area contributed by atoms with Gasteiger partial charge in [0, 0.05) is 29.6 Å². The topological polar surface area (TPSA) is 60.0 Å². The number of thiophene rings is 1. The first-order valence-corrected chi connectivity index (χ1v) is 9.90. The van der Waals surface area contributed by atoms with E-state index in [1.807, 2.05) is 0 Å². The quantitative estimate of drug-likeness (QED) is 0.788. The summed E-state index contributed by atoms with van der Waals surface area (Å²) in [6, 6.07) is 9.45. The molecule has 2 aromatic rings. The van der Waals surface area contributed by atoms with Crippen LogP contribution in [0.5, 0.6) is 11.5 Å². The molecule has 3 rings (SSSR count). The normalized spacial score (nSPS) is 17.1. The lowest BCUT2D eigenvalue weighted by atomic mass is 10.0. The third-order valence-corrected chi connectivity index (χ3v) is 5.69. The molecule has 1 N–H and O–H groups in total. The molecule has 2 atom stereocenters. The Labute approximate surface area is 164 Å². The average Bonchev–Trinajstić information content (AvgIpc) is 3.22. The number of hydrogen-bond donors (Lipinski definition) is 1. The summed E-state index contributed by atoms with van der Waals surface area (Å²) in [5.74, 6) is 1.02. The first-order chi connectivity index (χ1) is 13.1. The van der Waals surface area contributed by atoms with Gasteiger partial charge >= 0.3 is 0 Å². The van der Waals surface area contributed by atoms with Crippen LogP contribution in [0.15, 0.2) is 35.7 Å². The molecule has 1 aromatic heterocycles. The van der Waals surface area contributed by atoms with Crippen LogP contribution in [-0.2, 0) is 4.74 Å². The summed E-state index contributed by atoms with van der Waals surface area (Å²) in [5.41, 5.74) is 0.548. The summed E-state index contributed by atoms with van der Waals surface area (Å²) in [4.78, 5) is 16.5. The molecule has 6 nitrogen and oxygen atoms in total. The lowest BCUT2D eigenvalue weighted by Crippen LogP contribution is -2.48. The van der Waals surface area contributed by atoms with E-state index in [1.54, 1.807) is 43.8 Å². The second-order valence-electron chi connectivity index (χ2n) is 6.44. The standard InChI is InChI=1S/C20H26N2O4S/c1-14(19(18-5-4-12-27-18)22-8-10-26-11-9-22)21-20(23)15-6-7-16(24-2)17(13-15)25-3/h4-7,12-14,19H,8-11H2,1-3H3,(H,21,23). The number of nitrogens with one attached hydrogen (secondary N) is 1. The minimum atomic E-state index is -0.127. The van der Waals surface area contributed by atoms with Gasteiger partial charge in [-0.15, -0.1) is 11.3 Å². The molecule has 2 heterocycles. The molecule has 7 heteroatoms. The Morgan fingerprint density at radius 3 is 2.56 bits per heavy atom. The Balaban J connectivity index is 1.76. The minimum Gasteiger partial charge on any atom is -0.493 e. The first kappa shape index (κ1) is 19.7. The molecule has 1 aliphatic heterocycles. The van der Waals surface area contributed by atoms with Gasteiger partial charge in [-0.25, -0.2) is 0 Å². The van der Waals surface area contributed by atoms with Crippen molar-refractivity contribution < 1.29 is 19.0 Å². The van der Waals surface area contributed by atoms with E-state index in [-0.39, 0.29) is 18.0 Å². The molecule has 1 amide bonds. The van der Waals surface area contributed by atoms with Crippen molar-refractivity contribution in [1.82, 2.24) is 10.2 Å². The van der Waals surface area contributed by atoms with E-state index in [1.165, 1.54) is 4.88 Å². The van der Waals surface area contributed by atoms with Gasteiger partial charge in [0.2, 0.25) is 0 Å². The Morgan fingerprint density at radius 1 is 1.19 bits per heavy atom. The van der Waals surface area contributed by atoms with Crippen LogP contribution >= 0.6 is 11.3 Å². The Kier molecular flexibility index (Phi) is 6.71. The van der Waals surface area contributed by atoms with Crippen LogP contribution in [0.3, 0.4) is 0 Å². The van der Waals surface area contributed by atoms with Gasteiger partial charge in [0.15, 0.2) is 11.5 Å². The van der Waals surface area contributed by atoms with Crippen molar-refractivity contribution in [1.29, 1.82) is 0 Å². The van der Waals surface area contributed by atoms with E-state index >= 15 is 0 Å². The molecule has 1 saturated heterocycles. The number of amides is 1. The number of benzene rings is 1. The summed E-state index contributed by atoms with van der Waals surface area (Å²) in [7, 11) is 3.14. The monoisotopic (exact) mass is 390 g/mol. The van der Waals surface area contributed by atoms with Crippen LogP contribution in [0, 0.1) is 0 Å². The largest absolute Gasteiger partial charge is 0.493 e. The van der Waals surface area contributed by atoms with Crippen LogP contribution in [0.4, 0.5) is 0 Å².